The van der Waals surface area contributed by atoms with E-state index in [1.807, 2.05) is 13.1 Å². The molecule has 0 bridgehead atoms. The van der Waals surface area contributed by atoms with Crippen LogP contribution in [0.25, 0.3) is 0 Å². The minimum absolute atomic E-state index is 0.0386. The molecule has 0 unspecified atom stereocenters. The Morgan fingerprint density at radius 2 is 2.14 bits per heavy atom. The third-order valence-corrected chi connectivity index (χ3v) is 4.45. The first-order valence-electron chi connectivity index (χ1n) is 7.25. The smallest absolute Gasteiger partial charge is 0.271 e. The van der Waals surface area contributed by atoms with Crippen LogP contribution in [0.4, 0.5) is 11.4 Å². The Morgan fingerprint density at radius 3 is 2.68 bits per heavy atom. The molecule has 1 aliphatic heterocycles. The Morgan fingerprint density at radius 1 is 1.41 bits per heavy atom. The van der Waals surface area contributed by atoms with Gasteiger partial charge in [0.15, 0.2) is 0 Å². The number of nitro benzene ring substituents is 1. The zero-order valence-corrected chi connectivity index (χ0v) is 13.0. The lowest BCUT2D eigenvalue weighted by Crippen LogP contribution is -2.33. The number of nitro groups is 1. The fourth-order valence-corrected chi connectivity index (χ4v) is 3.48. The van der Waals surface area contributed by atoms with Crippen molar-refractivity contribution in [3.05, 3.63) is 51.1 Å². The number of aryl methyl sites for hydroxylation is 1. The maximum atomic E-state index is 10.9. The van der Waals surface area contributed by atoms with Gasteiger partial charge in [0.25, 0.3) is 5.69 Å². The summed E-state index contributed by atoms with van der Waals surface area (Å²) in [5, 5.41) is 11.3. The summed E-state index contributed by atoms with van der Waals surface area (Å²) in [6, 6.07) is 3.02. The number of benzene rings is 1. The summed E-state index contributed by atoms with van der Waals surface area (Å²) < 4.78 is 0. The van der Waals surface area contributed by atoms with Gasteiger partial charge in [-0.1, -0.05) is 11.6 Å². The highest BCUT2D eigenvalue weighted by atomic mass is 35.5. The van der Waals surface area contributed by atoms with E-state index in [1.54, 1.807) is 12.3 Å². The van der Waals surface area contributed by atoms with E-state index >= 15 is 0 Å². The van der Waals surface area contributed by atoms with Crippen LogP contribution in [0.1, 0.15) is 30.1 Å². The van der Waals surface area contributed by atoms with Crippen molar-refractivity contribution in [2.75, 3.05) is 18.0 Å². The van der Waals surface area contributed by atoms with E-state index in [2.05, 4.69) is 14.9 Å². The predicted molar refractivity (Wildman–Crippen MR) is 85.6 cm³/mol. The topological polar surface area (TPSA) is 75.1 Å². The van der Waals surface area contributed by atoms with Gasteiger partial charge in [-0.05, 0) is 25.3 Å². The summed E-state index contributed by atoms with van der Waals surface area (Å²) in [5.74, 6) is 1.47. The molecule has 116 valence electrons. The number of aromatic amines is 1. The average Bonchev–Trinajstić information content (AvgIpc) is 3.01. The number of aromatic nitrogens is 2. The molecular weight excluding hydrogens is 304 g/mol. The van der Waals surface area contributed by atoms with Crippen LogP contribution in [-0.4, -0.2) is 28.0 Å². The number of piperidine rings is 1. The number of imidazole rings is 1. The normalized spacial score (nSPS) is 16.0. The average molecular weight is 321 g/mol. The number of nitrogens with one attached hydrogen (secondary N) is 1. The van der Waals surface area contributed by atoms with Crippen molar-refractivity contribution in [1.29, 1.82) is 0 Å². The second-order valence-electron chi connectivity index (χ2n) is 5.59. The SMILES string of the molecule is Cc1cc([N+](=O)[O-])cc(Cl)c1N1CCC(c2ncc[nH]2)CC1. The van der Waals surface area contributed by atoms with Crippen LogP contribution in [0.15, 0.2) is 24.5 Å². The van der Waals surface area contributed by atoms with E-state index in [9.17, 15) is 10.1 Å². The first-order chi connectivity index (χ1) is 10.6. The quantitative estimate of drug-likeness (QED) is 0.691. The Bertz CT molecular complexity index is 656. The van der Waals surface area contributed by atoms with Crippen molar-refractivity contribution in [2.45, 2.75) is 25.7 Å². The van der Waals surface area contributed by atoms with E-state index in [-0.39, 0.29) is 5.69 Å². The van der Waals surface area contributed by atoms with Crippen molar-refractivity contribution in [3.8, 4) is 0 Å². The maximum Gasteiger partial charge on any atom is 0.271 e. The summed E-state index contributed by atoms with van der Waals surface area (Å²) in [5.41, 5.74) is 1.79. The second-order valence-corrected chi connectivity index (χ2v) is 5.99. The highest BCUT2D eigenvalue weighted by Gasteiger charge is 2.25. The highest BCUT2D eigenvalue weighted by molar-refractivity contribution is 6.33. The summed E-state index contributed by atoms with van der Waals surface area (Å²) in [6.07, 6.45) is 5.60. The molecule has 0 aliphatic carbocycles. The number of hydrogen-bond donors (Lipinski definition) is 1. The molecule has 0 atom stereocenters. The van der Waals surface area contributed by atoms with Gasteiger partial charge >= 0.3 is 0 Å². The van der Waals surface area contributed by atoms with Gasteiger partial charge in [-0.15, -0.1) is 0 Å². The Labute approximate surface area is 133 Å². The third kappa shape index (κ3) is 2.78. The summed E-state index contributed by atoms with van der Waals surface area (Å²) in [4.78, 5) is 20.2. The number of nitrogens with zero attached hydrogens (tertiary/aromatic N) is 3. The molecule has 0 radical (unpaired) electrons. The minimum Gasteiger partial charge on any atom is -0.370 e. The molecule has 0 spiro atoms. The van der Waals surface area contributed by atoms with Crippen molar-refractivity contribution in [1.82, 2.24) is 9.97 Å². The zero-order valence-electron chi connectivity index (χ0n) is 12.3. The van der Waals surface area contributed by atoms with Gasteiger partial charge in [0, 0.05) is 43.5 Å². The van der Waals surface area contributed by atoms with Crippen molar-refractivity contribution < 1.29 is 4.92 Å². The maximum absolute atomic E-state index is 10.9. The lowest BCUT2D eigenvalue weighted by molar-refractivity contribution is -0.384. The van der Waals surface area contributed by atoms with E-state index < -0.39 is 4.92 Å². The number of rotatable bonds is 3. The summed E-state index contributed by atoms with van der Waals surface area (Å²) in [7, 11) is 0. The number of halogens is 1. The number of non-ortho nitro benzene ring substituents is 1. The van der Waals surface area contributed by atoms with Crippen molar-refractivity contribution in [3.63, 3.8) is 0 Å². The molecule has 1 aromatic carbocycles. The van der Waals surface area contributed by atoms with Crippen LogP contribution < -0.4 is 4.90 Å². The second kappa shape index (κ2) is 5.96. The monoisotopic (exact) mass is 320 g/mol. The van der Waals surface area contributed by atoms with Gasteiger partial charge in [0.05, 0.1) is 15.6 Å². The lowest BCUT2D eigenvalue weighted by Gasteiger charge is -2.34. The molecule has 1 aromatic heterocycles. The molecule has 1 N–H and O–H groups in total. The van der Waals surface area contributed by atoms with E-state index in [4.69, 9.17) is 11.6 Å². The van der Waals surface area contributed by atoms with Gasteiger partial charge in [-0.3, -0.25) is 10.1 Å². The number of H-pyrrole nitrogens is 1. The van der Waals surface area contributed by atoms with E-state index in [1.165, 1.54) is 6.07 Å². The molecule has 1 fully saturated rings. The van der Waals surface area contributed by atoms with E-state index in [0.29, 0.717) is 10.9 Å². The van der Waals surface area contributed by atoms with Gasteiger partial charge in [0.2, 0.25) is 0 Å². The standard InChI is InChI=1S/C15H17ClN4O2/c1-10-8-12(20(21)22)9-13(16)14(10)19-6-2-11(3-7-19)15-17-4-5-18-15/h4-5,8-9,11H,2-3,6-7H2,1H3,(H,17,18). The first-order valence-corrected chi connectivity index (χ1v) is 7.63. The van der Waals surface area contributed by atoms with Crippen LogP contribution in [0.5, 0.6) is 0 Å². The van der Waals surface area contributed by atoms with Gasteiger partial charge in [0.1, 0.15) is 5.82 Å². The van der Waals surface area contributed by atoms with Gasteiger partial charge in [-0.25, -0.2) is 4.98 Å². The van der Waals surface area contributed by atoms with Crippen molar-refractivity contribution >= 4 is 23.0 Å². The number of anilines is 1. The van der Waals surface area contributed by atoms with E-state index in [0.717, 1.165) is 43.0 Å². The van der Waals surface area contributed by atoms with Gasteiger partial charge < -0.3 is 9.88 Å². The summed E-state index contributed by atoms with van der Waals surface area (Å²) in [6.45, 7) is 3.60. The molecule has 2 aromatic rings. The van der Waals surface area contributed by atoms with Crippen LogP contribution in [0.3, 0.4) is 0 Å². The Hall–Kier alpha value is -2.08. The number of hydrogen-bond acceptors (Lipinski definition) is 4. The molecule has 0 saturated carbocycles. The summed E-state index contributed by atoms with van der Waals surface area (Å²) >= 11 is 6.28. The molecule has 22 heavy (non-hydrogen) atoms. The molecule has 6 nitrogen and oxygen atoms in total. The molecule has 3 rings (SSSR count). The van der Waals surface area contributed by atoms with Crippen LogP contribution in [0.2, 0.25) is 5.02 Å². The van der Waals surface area contributed by atoms with Crippen LogP contribution >= 0.6 is 11.6 Å². The Kier molecular flexibility index (Phi) is 4.02. The molecular formula is C15H17ClN4O2. The largest absolute Gasteiger partial charge is 0.370 e. The van der Waals surface area contributed by atoms with Crippen molar-refractivity contribution in [2.24, 2.45) is 0 Å². The molecule has 2 heterocycles. The molecule has 1 saturated heterocycles. The minimum atomic E-state index is -0.411. The Balaban J connectivity index is 1.77. The first kappa shape index (κ1) is 14.8. The fraction of sp³-hybridized carbons (Fsp3) is 0.400. The molecule has 0 amide bonds. The third-order valence-electron chi connectivity index (χ3n) is 4.17. The molecule has 1 aliphatic rings. The highest BCUT2D eigenvalue weighted by Crippen LogP contribution is 2.37. The van der Waals surface area contributed by atoms with Crippen LogP contribution in [0, 0.1) is 17.0 Å². The van der Waals surface area contributed by atoms with Gasteiger partial charge in [-0.2, -0.15) is 0 Å². The fourth-order valence-electron chi connectivity index (χ4n) is 3.10. The zero-order chi connectivity index (χ0) is 15.7. The predicted octanol–water partition coefficient (Wildman–Crippen LogP) is 3.66. The molecule has 7 heteroatoms. The lowest BCUT2D eigenvalue weighted by atomic mass is 9.95. The van der Waals surface area contributed by atoms with Crippen LogP contribution in [-0.2, 0) is 0 Å².